The molecule has 6 nitrogen and oxygen atoms in total. The van der Waals surface area contributed by atoms with Crippen molar-refractivity contribution in [1.29, 1.82) is 0 Å². The maximum absolute atomic E-state index is 8.82. The second kappa shape index (κ2) is 4.80. The zero-order valence-electron chi connectivity index (χ0n) is 8.96. The minimum absolute atomic E-state index is 0.0619. The molecule has 0 aromatic heterocycles. The summed E-state index contributed by atoms with van der Waals surface area (Å²) < 4.78 is 0. The van der Waals surface area contributed by atoms with E-state index in [0.717, 1.165) is 11.3 Å². The second-order valence-electron chi connectivity index (χ2n) is 3.47. The number of nitrogens with zero attached hydrogens (tertiary/aromatic N) is 4. The van der Waals surface area contributed by atoms with Crippen LogP contribution in [-0.2, 0) is 0 Å². The maximum Gasteiger partial charge on any atom is 0.188 e. The van der Waals surface area contributed by atoms with Crippen molar-refractivity contribution in [1.82, 2.24) is 5.32 Å². The zero-order chi connectivity index (χ0) is 11.4. The highest BCUT2D eigenvalue weighted by atomic mass is 16.3. The van der Waals surface area contributed by atoms with Gasteiger partial charge in [-0.2, -0.15) is 0 Å². The predicted octanol–water partition coefficient (Wildman–Crippen LogP) is -0.236. The fourth-order valence-corrected chi connectivity index (χ4v) is 1.32. The van der Waals surface area contributed by atoms with Crippen LogP contribution in [0.15, 0.2) is 31.6 Å². The molecular weight excluding hydrogens is 206 g/mol. The molecule has 2 heterocycles. The van der Waals surface area contributed by atoms with Crippen molar-refractivity contribution in [2.24, 2.45) is 20.0 Å². The lowest BCUT2D eigenvalue weighted by Crippen LogP contribution is -2.39. The van der Waals surface area contributed by atoms with E-state index in [-0.39, 0.29) is 12.8 Å². The first-order chi connectivity index (χ1) is 7.81. The monoisotopic (exact) mass is 219 g/mol. The minimum Gasteiger partial charge on any atom is -0.392 e. The average Bonchev–Trinajstić information content (AvgIpc) is 2.77. The van der Waals surface area contributed by atoms with E-state index in [1.165, 1.54) is 6.34 Å². The Kier molecular flexibility index (Phi) is 3.21. The van der Waals surface area contributed by atoms with Gasteiger partial charge in [-0.25, -0.2) is 15.0 Å². The summed E-state index contributed by atoms with van der Waals surface area (Å²) in [5, 5.41) is 11.8. The molecule has 0 amide bonds. The number of nitrogens with one attached hydrogen (secondary N) is 1. The molecular formula is C10H13N5O. The molecule has 2 aliphatic heterocycles. The standard InChI is InChI=1S/C10H13N5O/c1-7(4-16)2-3-11-9-8-10(13-5-12-8)15-6-14-9/h2,5-6,10,16H,3-4H2,1H3,(H,11,14,15)/b7-2+/t10-/m1/s1. The van der Waals surface area contributed by atoms with Crippen LogP contribution in [0, 0.1) is 0 Å². The highest BCUT2D eigenvalue weighted by Gasteiger charge is 2.24. The quantitative estimate of drug-likeness (QED) is 0.642. The van der Waals surface area contributed by atoms with Gasteiger partial charge in [-0.1, -0.05) is 11.6 Å². The molecule has 2 N–H and O–H groups in total. The number of hydrogen-bond donors (Lipinski definition) is 2. The maximum atomic E-state index is 8.82. The molecule has 0 radical (unpaired) electrons. The molecule has 6 heteroatoms. The van der Waals surface area contributed by atoms with Gasteiger partial charge >= 0.3 is 0 Å². The first kappa shape index (κ1) is 10.7. The molecule has 0 aliphatic carbocycles. The Balaban J connectivity index is 2.05. The van der Waals surface area contributed by atoms with Crippen molar-refractivity contribution in [3.8, 4) is 0 Å². The number of fused-ring (bicyclic) bond motifs is 1. The van der Waals surface area contributed by atoms with Gasteiger partial charge < -0.3 is 10.4 Å². The number of aliphatic hydroxyl groups is 1. The topological polar surface area (TPSA) is 81.7 Å². The molecule has 0 aromatic rings. The summed E-state index contributed by atoms with van der Waals surface area (Å²) in [4.78, 5) is 16.6. The van der Waals surface area contributed by atoms with Gasteiger partial charge in [0.05, 0.1) is 19.5 Å². The van der Waals surface area contributed by atoms with E-state index in [4.69, 9.17) is 5.11 Å². The van der Waals surface area contributed by atoms with Crippen LogP contribution in [0.5, 0.6) is 0 Å². The van der Waals surface area contributed by atoms with Gasteiger partial charge in [-0.05, 0) is 6.92 Å². The summed E-state index contributed by atoms with van der Waals surface area (Å²) in [6.45, 7) is 2.43. The zero-order valence-corrected chi connectivity index (χ0v) is 8.96. The first-order valence-corrected chi connectivity index (χ1v) is 5.00. The summed E-state index contributed by atoms with van der Waals surface area (Å²) in [6, 6.07) is 0. The Morgan fingerprint density at radius 1 is 1.62 bits per heavy atom. The van der Waals surface area contributed by atoms with E-state index >= 15 is 0 Å². The van der Waals surface area contributed by atoms with Crippen molar-refractivity contribution in [3.63, 3.8) is 0 Å². The fraction of sp³-hybridized carbons (Fsp3) is 0.400. The van der Waals surface area contributed by atoms with Crippen LogP contribution >= 0.6 is 0 Å². The number of rotatable bonds is 3. The van der Waals surface area contributed by atoms with Crippen molar-refractivity contribution in [3.05, 3.63) is 11.6 Å². The summed E-state index contributed by atoms with van der Waals surface area (Å²) in [6.07, 6.45) is 4.71. The summed E-state index contributed by atoms with van der Waals surface area (Å²) in [7, 11) is 0. The summed E-state index contributed by atoms with van der Waals surface area (Å²) in [5.41, 5.74) is 1.65. The Labute approximate surface area is 93.2 Å². The normalized spacial score (nSPS) is 25.6. The van der Waals surface area contributed by atoms with Crippen molar-refractivity contribution >= 4 is 24.2 Å². The van der Waals surface area contributed by atoms with E-state index in [1.54, 1.807) is 6.34 Å². The van der Waals surface area contributed by atoms with Gasteiger partial charge in [-0.3, -0.25) is 4.99 Å². The number of hydrogen-bond acceptors (Lipinski definition) is 5. The molecule has 0 saturated heterocycles. The van der Waals surface area contributed by atoms with Gasteiger partial charge in [0, 0.05) is 0 Å². The molecule has 2 rings (SSSR count). The number of aliphatic imine (C=N–C) groups is 4. The lowest BCUT2D eigenvalue weighted by molar-refractivity contribution is 0.331. The third kappa shape index (κ3) is 2.22. The van der Waals surface area contributed by atoms with Gasteiger partial charge in [-0.15, -0.1) is 0 Å². The molecule has 0 bridgehead atoms. The van der Waals surface area contributed by atoms with E-state index in [9.17, 15) is 0 Å². The highest BCUT2D eigenvalue weighted by molar-refractivity contribution is 6.47. The van der Waals surface area contributed by atoms with E-state index in [0.29, 0.717) is 12.4 Å². The van der Waals surface area contributed by atoms with E-state index in [1.807, 2.05) is 13.0 Å². The predicted molar refractivity (Wildman–Crippen MR) is 64.5 cm³/mol. The molecule has 1 atom stereocenters. The third-order valence-corrected chi connectivity index (χ3v) is 2.25. The molecule has 0 saturated carbocycles. The molecule has 0 aromatic carbocycles. The smallest absolute Gasteiger partial charge is 0.188 e. The molecule has 0 fully saturated rings. The van der Waals surface area contributed by atoms with Crippen LogP contribution in [0.4, 0.5) is 0 Å². The van der Waals surface area contributed by atoms with E-state index < -0.39 is 0 Å². The third-order valence-electron chi connectivity index (χ3n) is 2.25. The number of amidine groups is 1. The summed E-state index contributed by atoms with van der Waals surface area (Å²) in [5.74, 6) is 0.694. The number of aliphatic hydroxyl groups excluding tert-OH is 1. The first-order valence-electron chi connectivity index (χ1n) is 5.00. The fourth-order valence-electron chi connectivity index (χ4n) is 1.32. The van der Waals surface area contributed by atoms with E-state index in [2.05, 4.69) is 25.3 Å². The van der Waals surface area contributed by atoms with Crippen LogP contribution in [0.25, 0.3) is 0 Å². The van der Waals surface area contributed by atoms with Crippen LogP contribution in [0.3, 0.4) is 0 Å². The average molecular weight is 219 g/mol. The molecule has 84 valence electrons. The Hall–Kier alpha value is -1.82. The van der Waals surface area contributed by atoms with Crippen LogP contribution < -0.4 is 5.32 Å². The Morgan fingerprint density at radius 3 is 3.31 bits per heavy atom. The summed E-state index contributed by atoms with van der Waals surface area (Å²) >= 11 is 0. The van der Waals surface area contributed by atoms with Crippen molar-refractivity contribution in [2.45, 2.75) is 13.1 Å². The van der Waals surface area contributed by atoms with Gasteiger partial charge in [0.2, 0.25) is 0 Å². The van der Waals surface area contributed by atoms with Gasteiger partial charge in [0.15, 0.2) is 12.0 Å². The molecule has 0 spiro atoms. The lowest BCUT2D eigenvalue weighted by Gasteiger charge is -2.14. The molecule has 16 heavy (non-hydrogen) atoms. The van der Waals surface area contributed by atoms with Gasteiger partial charge in [0.25, 0.3) is 0 Å². The van der Waals surface area contributed by atoms with Gasteiger partial charge in [0.1, 0.15) is 12.1 Å². The highest BCUT2D eigenvalue weighted by Crippen LogP contribution is 2.06. The van der Waals surface area contributed by atoms with Crippen molar-refractivity contribution < 1.29 is 5.11 Å². The van der Waals surface area contributed by atoms with Crippen molar-refractivity contribution in [2.75, 3.05) is 13.2 Å². The van der Waals surface area contributed by atoms with Crippen LogP contribution in [0.1, 0.15) is 6.92 Å². The lowest BCUT2D eigenvalue weighted by atomic mass is 10.2. The Morgan fingerprint density at radius 2 is 2.50 bits per heavy atom. The molecule has 2 aliphatic rings. The Bertz CT molecular complexity index is 419. The van der Waals surface area contributed by atoms with Crippen LogP contribution in [-0.4, -0.2) is 48.6 Å². The molecule has 0 unspecified atom stereocenters. The second-order valence-corrected chi connectivity index (χ2v) is 3.47. The minimum atomic E-state index is -0.233. The largest absolute Gasteiger partial charge is 0.392 e. The SMILES string of the molecule is C/C(=C\CN=C1NC=N[C@H]2N=CN=C12)CO. The van der Waals surface area contributed by atoms with Crippen LogP contribution in [0.2, 0.25) is 0 Å².